The van der Waals surface area contributed by atoms with Crippen LogP contribution in [0.2, 0.25) is 0 Å². The van der Waals surface area contributed by atoms with Gasteiger partial charge >= 0.3 is 0 Å². The first-order valence-electron chi connectivity index (χ1n) is 8.36. The highest BCUT2D eigenvalue weighted by atomic mass is 16.2. The fraction of sp³-hybridized carbons (Fsp3) is 0.556. The molecule has 0 spiro atoms. The summed E-state index contributed by atoms with van der Waals surface area (Å²) in [5.41, 5.74) is 2.27. The van der Waals surface area contributed by atoms with Gasteiger partial charge in [0, 0.05) is 32.0 Å². The number of nitrogens with zero attached hydrogens (tertiary/aromatic N) is 1. The van der Waals surface area contributed by atoms with Crippen molar-refractivity contribution < 1.29 is 9.59 Å². The Balaban J connectivity index is 1.48. The maximum atomic E-state index is 12.0. The zero-order valence-corrected chi connectivity index (χ0v) is 13.0. The summed E-state index contributed by atoms with van der Waals surface area (Å²) in [5, 5.41) is 3.04. The number of hydrogen-bond donors (Lipinski definition) is 1. The van der Waals surface area contributed by atoms with E-state index in [0.29, 0.717) is 19.5 Å². The van der Waals surface area contributed by atoms with Crippen molar-refractivity contribution in [2.24, 2.45) is 5.92 Å². The van der Waals surface area contributed by atoms with Crippen molar-refractivity contribution in [3.05, 3.63) is 35.4 Å². The summed E-state index contributed by atoms with van der Waals surface area (Å²) in [5.74, 6) is 0.678. The average Bonchev–Trinajstić information content (AvgIpc) is 3.19. The predicted octanol–water partition coefficient (Wildman–Crippen LogP) is 2.62. The zero-order chi connectivity index (χ0) is 15.4. The zero-order valence-electron chi connectivity index (χ0n) is 13.0. The molecule has 1 aromatic rings. The van der Waals surface area contributed by atoms with Crippen LogP contribution in [0.25, 0.3) is 0 Å². The fourth-order valence-electron chi connectivity index (χ4n) is 3.38. The van der Waals surface area contributed by atoms with Crippen LogP contribution in [0.1, 0.15) is 49.7 Å². The maximum absolute atomic E-state index is 12.0. The Hall–Kier alpha value is -1.84. The molecule has 1 aromatic carbocycles. The average molecular weight is 300 g/mol. The van der Waals surface area contributed by atoms with Gasteiger partial charge < -0.3 is 10.2 Å². The van der Waals surface area contributed by atoms with Crippen molar-refractivity contribution in [2.45, 2.75) is 51.6 Å². The van der Waals surface area contributed by atoms with Crippen LogP contribution >= 0.6 is 0 Å². The smallest absolute Gasteiger partial charge is 0.223 e. The van der Waals surface area contributed by atoms with Gasteiger partial charge in [0.2, 0.25) is 11.8 Å². The number of hydrogen-bond acceptors (Lipinski definition) is 2. The molecule has 118 valence electrons. The van der Waals surface area contributed by atoms with E-state index in [-0.39, 0.29) is 17.7 Å². The lowest BCUT2D eigenvalue weighted by Crippen LogP contribution is -2.28. The molecule has 0 unspecified atom stereocenters. The third-order valence-electron chi connectivity index (χ3n) is 4.76. The molecule has 0 aromatic heterocycles. The number of carbonyl (C=O) groups is 2. The van der Waals surface area contributed by atoms with Gasteiger partial charge in [0.25, 0.3) is 0 Å². The third kappa shape index (κ3) is 3.67. The van der Waals surface area contributed by atoms with Crippen LogP contribution in [0.3, 0.4) is 0 Å². The highest BCUT2D eigenvalue weighted by Gasteiger charge is 2.22. The van der Waals surface area contributed by atoms with Crippen LogP contribution in [0.5, 0.6) is 0 Å². The van der Waals surface area contributed by atoms with Crippen molar-refractivity contribution >= 4 is 11.8 Å². The van der Waals surface area contributed by atoms with Crippen LogP contribution < -0.4 is 5.32 Å². The summed E-state index contributed by atoms with van der Waals surface area (Å²) >= 11 is 0. The third-order valence-corrected chi connectivity index (χ3v) is 4.76. The van der Waals surface area contributed by atoms with Crippen LogP contribution in [0.4, 0.5) is 0 Å². The Kier molecular flexibility index (Phi) is 4.76. The largest absolute Gasteiger partial charge is 0.352 e. The first-order valence-corrected chi connectivity index (χ1v) is 8.36. The van der Waals surface area contributed by atoms with Gasteiger partial charge in [0.1, 0.15) is 0 Å². The van der Waals surface area contributed by atoms with Crippen molar-refractivity contribution in [1.29, 1.82) is 0 Å². The molecular weight excluding hydrogens is 276 g/mol. The van der Waals surface area contributed by atoms with Gasteiger partial charge in [-0.1, -0.05) is 37.1 Å². The Morgan fingerprint density at radius 1 is 1.09 bits per heavy atom. The topological polar surface area (TPSA) is 49.4 Å². The van der Waals surface area contributed by atoms with E-state index < -0.39 is 0 Å². The Bertz CT molecular complexity index is 533. The van der Waals surface area contributed by atoms with Gasteiger partial charge in [0.15, 0.2) is 0 Å². The molecule has 1 N–H and O–H groups in total. The van der Waals surface area contributed by atoms with Crippen molar-refractivity contribution in [3.63, 3.8) is 0 Å². The van der Waals surface area contributed by atoms with Crippen LogP contribution in [-0.2, 0) is 22.7 Å². The van der Waals surface area contributed by atoms with E-state index in [0.717, 1.165) is 36.9 Å². The molecule has 2 aliphatic rings. The second-order valence-corrected chi connectivity index (χ2v) is 6.43. The van der Waals surface area contributed by atoms with Gasteiger partial charge in [-0.15, -0.1) is 0 Å². The van der Waals surface area contributed by atoms with Crippen LogP contribution in [0.15, 0.2) is 24.3 Å². The molecule has 22 heavy (non-hydrogen) atoms. The van der Waals surface area contributed by atoms with E-state index >= 15 is 0 Å². The Labute approximate surface area is 131 Å². The molecule has 2 amide bonds. The molecule has 1 heterocycles. The summed E-state index contributed by atoms with van der Waals surface area (Å²) in [7, 11) is 0. The van der Waals surface area contributed by atoms with Gasteiger partial charge in [-0.05, 0) is 30.4 Å². The van der Waals surface area contributed by atoms with E-state index in [1.165, 1.54) is 12.8 Å². The van der Waals surface area contributed by atoms with E-state index in [2.05, 4.69) is 17.4 Å². The first kappa shape index (κ1) is 15.1. The summed E-state index contributed by atoms with van der Waals surface area (Å²) in [6.45, 7) is 2.17. The van der Waals surface area contributed by atoms with Crippen molar-refractivity contribution in [2.75, 3.05) is 6.54 Å². The van der Waals surface area contributed by atoms with Gasteiger partial charge in [-0.25, -0.2) is 0 Å². The van der Waals surface area contributed by atoms with Crippen molar-refractivity contribution in [1.82, 2.24) is 10.2 Å². The first-order chi connectivity index (χ1) is 10.7. The fourth-order valence-corrected chi connectivity index (χ4v) is 3.38. The van der Waals surface area contributed by atoms with Gasteiger partial charge in [-0.2, -0.15) is 0 Å². The van der Waals surface area contributed by atoms with E-state index in [1.54, 1.807) is 0 Å². The Morgan fingerprint density at radius 3 is 2.41 bits per heavy atom. The van der Waals surface area contributed by atoms with Crippen LogP contribution in [0, 0.1) is 5.92 Å². The van der Waals surface area contributed by atoms with E-state index in [9.17, 15) is 9.59 Å². The molecule has 4 heteroatoms. The molecule has 3 rings (SSSR count). The predicted molar refractivity (Wildman–Crippen MR) is 84.9 cm³/mol. The van der Waals surface area contributed by atoms with Gasteiger partial charge in [0.05, 0.1) is 0 Å². The molecular formula is C18H24N2O2. The molecule has 1 aliphatic heterocycles. The van der Waals surface area contributed by atoms with Gasteiger partial charge in [-0.3, -0.25) is 9.59 Å². The molecule has 4 nitrogen and oxygen atoms in total. The highest BCUT2D eigenvalue weighted by molar-refractivity contribution is 5.79. The lowest BCUT2D eigenvalue weighted by molar-refractivity contribution is -0.128. The lowest BCUT2D eigenvalue weighted by Gasteiger charge is -2.16. The minimum atomic E-state index is 0.198. The number of rotatable bonds is 5. The number of nitrogens with one attached hydrogen (secondary N) is 1. The van der Waals surface area contributed by atoms with E-state index in [4.69, 9.17) is 0 Å². The normalized spacial score (nSPS) is 18.9. The maximum Gasteiger partial charge on any atom is 0.223 e. The van der Waals surface area contributed by atoms with E-state index in [1.807, 2.05) is 17.0 Å². The highest BCUT2D eigenvalue weighted by Crippen LogP contribution is 2.24. The summed E-state index contributed by atoms with van der Waals surface area (Å²) < 4.78 is 0. The summed E-state index contributed by atoms with van der Waals surface area (Å²) in [6, 6.07) is 8.21. The molecule has 2 fully saturated rings. The summed E-state index contributed by atoms with van der Waals surface area (Å²) in [6.07, 6.45) is 6.10. The number of benzene rings is 1. The SMILES string of the molecule is O=C(NCc1ccc(CN2CCCC2=O)cc1)C1CCCC1. The Morgan fingerprint density at radius 2 is 1.77 bits per heavy atom. The monoisotopic (exact) mass is 300 g/mol. The lowest BCUT2D eigenvalue weighted by atomic mass is 10.1. The molecule has 1 saturated heterocycles. The molecule has 0 radical (unpaired) electrons. The second-order valence-electron chi connectivity index (χ2n) is 6.43. The minimum Gasteiger partial charge on any atom is -0.352 e. The number of likely N-dealkylation sites (tertiary alicyclic amines) is 1. The summed E-state index contributed by atoms with van der Waals surface area (Å²) in [4.78, 5) is 25.5. The van der Waals surface area contributed by atoms with Crippen molar-refractivity contribution in [3.8, 4) is 0 Å². The minimum absolute atomic E-state index is 0.198. The standard InChI is InChI=1S/C18H24N2O2/c21-17-6-3-11-20(17)13-15-9-7-14(8-10-15)12-19-18(22)16-4-1-2-5-16/h7-10,16H,1-6,11-13H2,(H,19,22). The number of carbonyl (C=O) groups excluding carboxylic acids is 2. The molecule has 1 saturated carbocycles. The molecule has 0 bridgehead atoms. The second kappa shape index (κ2) is 6.95. The molecule has 0 atom stereocenters. The molecule has 1 aliphatic carbocycles. The quantitative estimate of drug-likeness (QED) is 0.908. The van der Waals surface area contributed by atoms with Crippen LogP contribution in [-0.4, -0.2) is 23.3 Å². The number of amides is 2.